The minimum absolute atomic E-state index is 0.553. The van der Waals surface area contributed by atoms with Gasteiger partial charge in [0.1, 0.15) is 18.1 Å². The molecule has 1 N–H and O–H groups in total. The van der Waals surface area contributed by atoms with E-state index >= 15 is 0 Å². The average Bonchev–Trinajstić information content (AvgIpc) is 2.36. The van der Waals surface area contributed by atoms with Gasteiger partial charge >= 0.3 is 0 Å². The van der Waals surface area contributed by atoms with E-state index in [1.165, 1.54) is 0 Å². The Balaban J connectivity index is 2.64. The summed E-state index contributed by atoms with van der Waals surface area (Å²) in [5.74, 6) is 1.65. The van der Waals surface area contributed by atoms with Gasteiger partial charge in [-0.3, -0.25) is 0 Å². The van der Waals surface area contributed by atoms with E-state index in [0.29, 0.717) is 19.8 Å². The van der Waals surface area contributed by atoms with Gasteiger partial charge in [0.2, 0.25) is 0 Å². The van der Waals surface area contributed by atoms with Crippen LogP contribution in [0.4, 0.5) is 0 Å². The predicted octanol–water partition coefficient (Wildman–Crippen LogP) is 1.83. The molecule has 0 saturated carbocycles. The first-order valence-electron chi connectivity index (χ1n) is 5.83. The molecule has 0 aliphatic heterocycles. The normalized spacial score (nSPS) is 10.3. The molecule has 0 fully saturated rings. The fourth-order valence-electron chi connectivity index (χ4n) is 1.49. The molecule has 0 heterocycles. The van der Waals surface area contributed by atoms with Crippen molar-refractivity contribution in [1.29, 1.82) is 0 Å². The molecule has 0 amide bonds. The van der Waals surface area contributed by atoms with Gasteiger partial charge in [-0.1, -0.05) is 6.07 Å². The minimum Gasteiger partial charge on any atom is -0.497 e. The van der Waals surface area contributed by atoms with Crippen LogP contribution in [0.1, 0.15) is 12.5 Å². The van der Waals surface area contributed by atoms with Crippen LogP contribution in [-0.4, -0.2) is 34.0 Å². The molecule has 0 spiro atoms. The summed E-state index contributed by atoms with van der Waals surface area (Å²) >= 11 is 0. The number of hydrogen-bond acceptors (Lipinski definition) is 4. The zero-order valence-corrected chi connectivity index (χ0v) is 10.8. The Morgan fingerprint density at radius 3 is 2.71 bits per heavy atom. The topological polar surface area (TPSA) is 39.7 Å². The number of benzene rings is 1. The second-order valence-electron chi connectivity index (χ2n) is 3.55. The van der Waals surface area contributed by atoms with Crippen molar-refractivity contribution in [3.05, 3.63) is 23.8 Å². The van der Waals surface area contributed by atoms with Crippen molar-refractivity contribution in [2.75, 3.05) is 34.0 Å². The van der Waals surface area contributed by atoms with Crippen molar-refractivity contribution in [3.8, 4) is 11.5 Å². The van der Waals surface area contributed by atoms with Crippen LogP contribution in [-0.2, 0) is 11.3 Å². The van der Waals surface area contributed by atoms with Crippen LogP contribution in [0, 0.1) is 0 Å². The third kappa shape index (κ3) is 4.63. The lowest BCUT2D eigenvalue weighted by Gasteiger charge is -2.12. The van der Waals surface area contributed by atoms with Crippen LogP contribution in [0.25, 0.3) is 0 Å². The molecule has 0 aliphatic rings. The molecule has 4 heteroatoms. The summed E-state index contributed by atoms with van der Waals surface area (Å²) in [6, 6.07) is 5.84. The third-order valence-corrected chi connectivity index (χ3v) is 2.33. The summed E-state index contributed by atoms with van der Waals surface area (Å²) in [6.45, 7) is 4.61. The van der Waals surface area contributed by atoms with Crippen LogP contribution in [0.3, 0.4) is 0 Å². The summed E-state index contributed by atoms with van der Waals surface area (Å²) in [6.07, 6.45) is 0. The maximum atomic E-state index is 5.69. The smallest absolute Gasteiger partial charge is 0.127 e. The highest BCUT2D eigenvalue weighted by molar-refractivity contribution is 5.40. The van der Waals surface area contributed by atoms with E-state index < -0.39 is 0 Å². The van der Waals surface area contributed by atoms with E-state index in [9.17, 15) is 0 Å². The van der Waals surface area contributed by atoms with Crippen molar-refractivity contribution in [2.24, 2.45) is 0 Å². The molecular weight excluding hydrogens is 218 g/mol. The van der Waals surface area contributed by atoms with Crippen molar-refractivity contribution in [2.45, 2.75) is 13.5 Å². The second kappa shape index (κ2) is 7.92. The number of rotatable bonds is 8. The first kappa shape index (κ1) is 13.8. The van der Waals surface area contributed by atoms with Gasteiger partial charge in [0, 0.05) is 24.8 Å². The Morgan fingerprint density at radius 2 is 2.06 bits per heavy atom. The van der Waals surface area contributed by atoms with E-state index in [1.54, 1.807) is 7.11 Å². The summed E-state index contributed by atoms with van der Waals surface area (Å²) in [5, 5.41) is 3.11. The average molecular weight is 239 g/mol. The highest BCUT2D eigenvalue weighted by atomic mass is 16.5. The Morgan fingerprint density at radius 1 is 1.24 bits per heavy atom. The Labute approximate surface area is 103 Å². The quantitative estimate of drug-likeness (QED) is 0.703. The zero-order valence-electron chi connectivity index (χ0n) is 10.8. The Hall–Kier alpha value is -1.26. The van der Waals surface area contributed by atoms with Gasteiger partial charge in [0.05, 0.1) is 13.7 Å². The lowest BCUT2D eigenvalue weighted by Crippen LogP contribution is -2.11. The monoisotopic (exact) mass is 239 g/mol. The molecule has 17 heavy (non-hydrogen) atoms. The highest BCUT2D eigenvalue weighted by Gasteiger charge is 2.05. The Kier molecular flexibility index (Phi) is 6.43. The molecule has 0 aromatic heterocycles. The van der Waals surface area contributed by atoms with Crippen LogP contribution in [0.15, 0.2) is 18.2 Å². The number of hydrogen-bond donors (Lipinski definition) is 1. The van der Waals surface area contributed by atoms with Gasteiger partial charge in [-0.2, -0.15) is 0 Å². The summed E-state index contributed by atoms with van der Waals surface area (Å²) < 4.78 is 16.1. The summed E-state index contributed by atoms with van der Waals surface area (Å²) in [7, 11) is 3.56. The summed E-state index contributed by atoms with van der Waals surface area (Å²) in [5.41, 5.74) is 1.12. The van der Waals surface area contributed by atoms with E-state index in [1.807, 2.05) is 32.2 Å². The van der Waals surface area contributed by atoms with Crippen molar-refractivity contribution in [1.82, 2.24) is 5.32 Å². The fraction of sp³-hybridized carbons (Fsp3) is 0.538. The summed E-state index contributed by atoms with van der Waals surface area (Å²) in [4.78, 5) is 0. The molecule has 1 aromatic carbocycles. The molecule has 0 radical (unpaired) electrons. The van der Waals surface area contributed by atoms with Gasteiger partial charge < -0.3 is 19.5 Å². The lowest BCUT2D eigenvalue weighted by atomic mass is 10.2. The molecule has 4 nitrogen and oxygen atoms in total. The Bertz CT molecular complexity index is 328. The van der Waals surface area contributed by atoms with E-state index in [-0.39, 0.29) is 0 Å². The predicted molar refractivity (Wildman–Crippen MR) is 67.7 cm³/mol. The lowest BCUT2D eigenvalue weighted by molar-refractivity contribution is 0.109. The van der Waals surface area contributed by atoms with Gasteiger partial charge in [-0.05, 0) is 20.0 Å². The van der Waals surface area contributed by atoms with Crippen LogP contribution >= 0.6 is 0 Å². The van der Waals surface area contributed by atoms with Gasteiger partial charge in [0.15, 0.2) is 0 Å². The standard InChI is InChI=1S/C13H21NO3/c1-4-16-7-8-17-13-9-12(15-3)6-5-11(13)10-14-2/h5-6,9,14H,4,7-8,10H2,1-3H3. The van der Waals surface area contributed by atoms with Crippen molar-refractivity contribution < 1.29 is 14.2 Å². The largest absolute Gasteiger partial charge is 0.497 e. The molecule has 0 saturated heterocycles. The molecular formula is C13H21NO3. The highest BCUT2D eigenvalue weighted by Crippen LogP contribution is 2.24. The second-order valence-corrected chi connectivity index (χ2v) is 3.55. The van der Waals surface area contributed by atoms with Gasteiger partial charge in [-0.15, -0.1) is 0 Å². The van der Waals surface area contributed by atoms with E-state index in [0.717, 1.165) is 23.6 Å². The van der Waals surface area contributed by atoms with E-state index in [4.69, 9.17) is 14.2 Å². The van der Waals surface area contributed by atoms with Gasteiger partial charge in [0.25, 0.3) is 0 Å². The van der Waals surface area contributed by atoms with Crippen LogP contribution in [0.2, 0.25) is 0 Å². The maximum Gasteiger partial charge on any atom is 0.127 e. The number of methoxy groups -OCH3 is 1. The zero-order chi connectivity index (χ0) is 12.5. The number of nitrogens with one attached hydrogen (secondary N) is 1. The molecule has 1 aromatic rings. The first-order chi connectivity index (χ1) is 8.31. The molecule has 0 bridgehead atoms. The fourth-order valence-corrected chi connectivity index (χ4v) is 1.49. The molecule has 0 atom stereocenters. The molecule has 1 rings (SSSR count). The molecule has 0 unspecified atom stereocenters. The van der Waals surface area contributed by atoms with Crippen molar-refractivity contribution >= 4 is 0 Å². The van der Waals surface area contributed by atoms with Crippen LogP contribution in [0.5, 0.6) is 11.5 Å². The van der Waals surface area contributed by atoms with E-state index in [2.05, 4.69) is 5.32 Å². The minimum atomic E-state index is 0.553. The van der Waals surface area contributed by atoms with Crippen molar-refractivity contribution in [3.63, 3.8) is 0 Å². The third-order valence-electron chi connectivity index (χ3n) is 2.33. The van der Waals surface area contributed by atoms with Gasteiger partial charge in [-0.25, -0.2) is 0 Å². The molecule has 0 aliphatic carbocycles. The maximum absolute atomic E-state index is 5.69. The number of ether oxygens (including phenoxy) is 3. The van der Waals surface area contributed by atoms with Crippen LogP contribution < -0.4 is 14.8 Å². The first-order valence-corrected chi connectivity index (χ1v) is 5.83. The SMILES string of the molecule is CCOCCOc1cc(OC)ccc1CNC. The molecule has 96 valence electrons.